The smallest absolute Gasteiger partial charge is 0.376 e. The molecular formula is C20H20O6. The summed E-state index contributed by atoms with van der Waals surface area (Å²) in [7, 11) is 0. The molecule has 2 aromatic carbocycles. The second-order valence-corrected chi connectivity index (χ2v) is 5.41. The number of aromatic hydroxyl groups is 1. The third-order valence-electron chi connectivity index (χ3n) is 3.57. The lowest BCUT2D eigenvalue weighted by Gasteiger charge is -2.18. The Bertz CT molecular complexity index is 810. The van der Waals surface area contributed by atoms with Crippen molar-refractivity contribution in [2.24, 2.45) is 0 Å². The summed E-state index contributed by atoms with van der Waals surface area (Å²) in [6.45, 7) is 3.23. The fraction of sp³-hybridized carbons (Fsp3) is 0.200. The lowest BCUT2D eigenvalue weighted by molar-refractivity contribution is -0.162. The van der Waals surface area contributed by atoms with E-state index in [-0.39, 0.29) is 22.8 Å². The standard InChI is InChI=1S/C20H20O6/c1-3-16(21)20(24)26-18(4-2)25-14-10-11-15(17(22)12-14)19(23)13-8-6-5-7-9-13/h3,5-12,18,21-22H,4H2,1-2H3/b16-3-. The molecule has 2 aromatic rings. The zero-order valence-corrected chi connectivity index (χ0v) is 14.5. The van der Waals surface area contributed by atoms with Gasteiger partial charge in [0.15, 0.2) is 11.5 Å². The number of aliphatic hydroxyl groups is 1. The summed E-state index contributed by atoms with van der Waals surface area (Å²) >= 11 is 0. The fourth-order valence-corrected chi connectivity index (χ4v) is 2.16. The van der Waals surface area contributed by atoms with E-state index in [4.69, 9.17) is 9.47 Å². The van der Waals surface area contributed by atoms with E-state index in [0.717, 1.165) is 0 Å². The SMILES string of the molecule is C/C=C(\O)C(=O)OC(CC)Oc1ccc(C(=O)c2ccccc2)c(O)c1. The zero-order valence-electron chi connectivity index (χ0n) is 14.5. The molecule has 0 heterocycles. The lowest BCUT2D eigenvalue weighted by atomic mass is 10.0. The van der Waals surface area contributed by atoms with Gasteiger partial charge in [-0.05, 0) is 25.1 Å². The first-order valence-electron chi connectivity index (χ1n) is 8.12. The topological polar surface area (TPSA) is 93.1 Å². The molecule has 1 unspecified atom stereocenters. The predicted octanol–water partition coefficient (Wildman–Crippen LogP) is 3.74. The largest absolute Gasteiger partial charge is 0.507 e. The van der Waals surface area contributed by atoms with Gasteiger partial charge in [0, 0.05) is 18.1 Å². The quantitative estimate of drug-likeness (QED) is 0.258. The van der Waals surface area contributed by atoms with Crippen LogP contribution in [0.15, 0.2) is 60.4 Å². The van der Waals surface area contributed by atoms with Crippen molar-refractivity contribution in [3.8, 4) is 11.5 Å². The number of aliphatic hydroxyl groups excluding tert-OH is 1. The maximum Gasteiger partial charge on any atom is 0.376 e. The van der Waals surface area contributed by atoms with Crippen LogP contribution >= 0.6 is 0 Å². The Morgan fingerprint density at radius 2 is 1.85 bits per heavy atom. The van der Waals surface area contributed by atoms with E-state index < -0.39 is 18.0 Å². The molecule has 6 heteroatoms. The normalized spacial score (nSPS) is 12.3. The molecule has 26 heavy (non-hydrogen) atoms. The minimum atomic E-state index is -0.945. The lowest BCUT2D eigenvalue weighted by Crippen LogP contribution is -2.24. The zero-order chi connectivity index (χ0) is 19.1. The van der Waals surface area contributed by atoms with Gasteiger partial charge in [0.2, 0.25) is 6.29 Å². The first-order chi connectivity index (χ1) is 12.5. The first-order valence-corrected chi connectivity index (χ1v) is 8.12. The van der Waals surface area contributed by atoms with Crippen molar-refractivity contribution in [2.45, 2.75) is 26.6 Å². The van der Waals surface area contributed by atoms with Gasteiger partial charge in [-0.15, -0.1) is 0 Å². The van der Waals surface area contributed by atoms with Gasteiger partial charge in [0.05, 0.1) is 5.56 Å². The summed E-state index contributed by atoms with van der Waals surface area (Å²) in [5.74, 6) is -1.75. The highest BCUT2D eigenvalue weighted by Gasteiger charge is 2.19. The van der Waals surface area contributed by atoms with Gasteiger partial charge in [-0.3, -0.25) is 4.79 Å². The highest BCUT2D eigenvalue weighted by atomic mass is 16.7. The second-order valence-electron chi connectivity index (χ2n) is 5.41. The highest BCUT2D eigenvalue weighted by Crippen LogP contribution is 2.27. The Balaban J connectivity index is 2.13. The average molecular weight is 356 g/mol. The minimum Gasteiger partial charge on any atom is -0.507 e. The molecule has 2 N–H and O–H groups in total. The molecular weight excluding hydrogens is 336 g/mol. The summed E-state index contributed by atoms with van der Waals surface area (Å²) in [6, 6.07) is 12.8. The summed E-state index contributed by atoms with van der Waals surface area (Å²) in [5.41, 5.74) is 0.596. The number of hydrogen-bond donors (Lipinski definition) is 2. The highest BCUT2D eigenvalue weighted by molar-refractivity contribution is 6.10. The molecule has 0 aliphatic carbocycles. The molecule has 0 saturated carbocycles. The number of hydrogen-bond acceptors (Lipinski definition) is 6. The molecule has 0 spiro atoms. The van der Waals surface area contributed by atoms with E-state index >= 15 is 0 Å². The van der Waals surface area contributed by atoms with Crippen molar-refractivity contribution in [1.82, 2.24) is 0 Å². The van der Waals surface area contributed by atoms with Gasteiger partial charge in [-0.2, -0.15) is 0 Å². The molecule has 0 aliphatic heterocycles. The van der Waals surface area contributed by atoms with E-state index in [1.54, 1.807) is 37.3 Å². The third kappa shape index (κ3) is 4.63. The number of allylic oxidation sites excluding steroid dienone is 1. The number of rotatable bonds is 7. The fourth-order valence-electron chi connectivity index (χ4n) is 2.16. The van der Waals surface area contributed by atoms with Crippen molar-refractivity contribution in [2.75, 3.05) is 0 Å². The molecule has 0 saturated heterocycles. The molecule has 136 valence electrons. The number of ether oxygens (including phenoxy) is 2. The number of benzene rings is 2. The third-order valence-corrected chi connectivity index (χ3v) is 3.57. The van der Waals surface area contributed by atoms with Crippen molar-refractivity contribution in [3.63, 3.8) is 0 Å². The van der Waals surface area contributed by atoms with E-state index in [2.05, 4.69) is 0 Å². The first kappa shape index (κ1) is 19.1. The van der Waals surface area contributed by atoms with E-state index in [9.17, 15) is 19.8 Å². The molecule has 6 nitrogen and oxygen atoms in total. The summed E-state index contributed by atoms with van der Waals surface area (Å²) in [6.07, 6.45) is 0.596. The van der Waals surface area contributed by atoms with Gasteiger partial charge in [-0.25, -0.2) is 4.79 Å². The van der Waals surface area contributed by atoms with Gasteiger partial charge in [-0.1, -0.05) is 37.3 Å². The van der Waals surface area contributed by atoms with Crippen molar-refractivity contribution in [3.05, 3.63) is 71.5 Å². The Morgan fingerprint density at radius 1 is 1.15 bits per heavy atom. The summed E-state index contributed by atoms with van der Waals surface area (Å²) < 4.78 is 10.5. The Hall–Kier alpha value is -3.28. The molecule has 0 radical (unpaired) electrons. The Morgan fingerprint density at radius 3 is 2.42 bits per heavy atom. The van der Waals surface area contributed by atoms with Gasteiger partial charge >= 0.3 is 5.97 Å². The Kier molecular flexibility index (Phi) is 6.38. The number of esters is 1. The van der Waals surface area contributed by atoms with Crippen LogP contribution in [-0.2, 0) is 9.53 Å². The van der Waals surface area contributed by atoms with E-state index in [1.165, 1.54) is 31.2 Å². The van der Waals surface area contributed by atoms with Crippen LogP contribution in [0.25, 0.3) is 0 Å². The number of carbonyl (C=O) groups excluding carboxylic acids is 2. The molecule has 0 fully saturated rings. The maximum absolute atomic E-state index is 12.4. The van der Waals surface area contributed by atoms with Crippen molar-refractivity contribution >= 4 is 11.8 Å². The molecule has 2 rings (SSSR count). The van der Waals surface area contributed by atoms with Crippen LogP contribution in [0.2, 0.25) is 0 Å². The van der Waals surface area contributed by atoms with Crippen LogP contribution in [0.3, 0.4) is 0 Å². The van der Waals surface area contributed by atoms with Crippen molar-refractivity contribution < 1.29 is 29.3 Å². The molecule has 0 aliphatic rings. The van der Waals surface area contributed by atoms with Gasteiger partial charge in [0.25, 0.3) is 0 Å². The monoisotopic (exact) mass is 356 g/mol. The number of phenolic OH excluding ortho intramolecular Hbond substituents is 1. The second kappa shape index (κ2) is 8.71. The molecule has 0 amide bonds. The van der Waals surface area contributed by atoms with Crippen LogP contribution in [-0.4, -0.2) is 28.3 Å². The predicted molar refractivity (Wildman–Crippen MR) is 95.2 cm³/mol. The van der Waals surface area contributed by atoms with Crippen LogP contribution < -0.4 is 4.74 Å². The van der Waals surface area contributed by atoms with Gasteiger partial charge < -0.3 is 19.7 Å². The Labute approximate surface area is 151 Å². The number of carbonyl (C=O) groups is 2. The molecule has 0 aromatic heterocycles. The number of ketones is 1. The average Bonchev–Trinajstić information content (AvgIpc) is 2.67. The minimum absolute atomic E-state index is 0.139. The molecule has 1 atom stereocenters. The van der Waals surface area contributed by atoms with Crippen molar-refractivity contribution in [1.29, 1.82) is 0 Å². The van der Waals surface area contributed by atoms with E-state index in [1.807, 2.05) is 0 Å². The van der Waals surface area contributed by atoms with Crippen LogP contribution in [0, 0.1) is 0 Å². The number of phenols is 1. The van der Waals surface area contributed by atoms with Crippen LogP contribution in [0.4, 0.5) is 0 Å². The maximum atomic E-state index is 12.4. The van der Waals surface area contributed by atoms with E-state index in [0.29, 0.717) is 12.0 Å². The van der Waals surface area contributed by atoms with Gasteiger partial charge in [0.1, 0.15) is 11.5 Å². The molecule has 0 bridgehead atoms. The van der Waals surface area contributed by atoms with Crippen LogP contribution in [0.1, 0.15) is 36.2 Å². The summed E-state index contributed by atoms with van der Waals surface area (Å²) in [4.78, 5) is 24.0. The van der Waals surface area contributed by atoms with Crippen LogP contribution in [0.5, 0.6) is 11.5 Å². The summed E-state index contributed by atoms with van der Waals surface area (Å²) in [5, 5.41) is 19.5.